The fourth-order valence-electron chi connectivity index (χ4n) is 2.87. The molecule has 1 fully saturated rings. The van der Waals surface area contributed by atoms with E-state index in [1.807, 2.05) is 4.90 Å². The smallest absolute Gasteiger partial charge is 0.385 e. The van der Waals surface area contributed by atoms with Crippen molar-refractivity contribution >= 4 is 17.5 Å². The van der Waals surface area contributed by atoms with Crippen molar-refractivity contribution in [2.75, 3.05) is 29.9 Å². The van der Waals surface area contributed by atoms with Crippen molar-refractivity contribution in [2.45, 2.75) is 25.6 Å². The second-order valence-corrected chi connectivity index (χ2v) is 6.62. The van der Waals surface area contributed by atoms with Crippen LogP contribution in [0.2, 0.25) is 0 Å². The number of anilines is 2. The highest BCUT2D eigenvalue weighted by atomic mass is 19.4. The standard InChI is InChI=1S/C18H20F3N5O2/c1-10(11-3-5-12(6-4-11)18(19,20)21)23-15-14(13(22)9-27)16(28)25-17(24-15)26-7-2-8-26/h3-6,10,22,27H,2,7-9H2,1H3,(H2,23,24,25,28)/p+1/t10-/m0/s1. The molecule has 1 aromatic heterocycles. The largest absolute Gasteiger partial charge is 0.416 e. The van der Waals surface area contributed by atoms with Gasteiger partial charge in [-0.15, -0.1) is 0 Å². The average molecular weight is 396 g/mol. The molecule has 2 heterocycles. The number of halogens is 3. The lowest BCUT2D eigenvalue weighted by molar-refractivity contribution is -0.137. The number of aliphatic hydroxyl groups excluding tert-OH is 1. The van der Waals surface area contributed by atoms with Gasteiger partial charge in [-0.3, -0.25) is 15.2 Å². The molecule has 0 radical (unpaired) electrons. The Balaban J connectivity index is 1.92. The van der Waals surface area contributed by atoms with Crippen LogP contribution in [-0.4, -0.2) is 40.5 Å². The van der Waals surface area contributed by atoms with E-state index in [0.717, 1.165) is 31.6 Å². The maximum atomic E-state index is 12.7. The quantitative estimate of drug-likeness (QED) is 0.538. The van der Waals surface area contributed by atoms with Crippen LogP contribution in [0.5, 0.6) is 0 Å². The highest BCUT2D eigenvalue weighted by molar-refractivity contribution is 6.00. The molecule has 0 bridgehead atoms. The van der Waals surface area contributed by atoms with Gasteiger partial charge in [0.05, 0.1) is 5.56 Å². The Kier molecular flexibility index (Phi) is 5.41. The van der Waals surface area contributed by atoms with Crippen molar-refractivity contribution in [3.8, 4) is 0 Å². The molecule has 3 rings (SSSR count). The summed E-state index contributed by atoms with van der Waals surface area (Å²) in [6.45, 7) is 2.72. The van der Waals surface area contributed by atoms with Crippen LogP contribution in [0.4, 0.5) is 24.9 Å². The first-order valence-corrected chi connectivity index (χ1v) is 8.76. The molecule has 0 unspecified atom stereocenters. The molecule has 0 spiro atoms. The summed E-state index contributed by atoms with van der Waals surface area (Å²) in [4.78, 5) is 21.4. The van der Waals surface area contributed by atoms with Crippen LogP contribution in [0.25, 0.3) is 0 Å². The Morgan fingerprint density at radius 1 is 1.36 bits per heavy atom. The number of nitrogens with zero attached hydrogens (tertiary/aromatic N) is 2. The van der Waals surface area contributed by atoms with Crippen molar-refractivity contribution in [1.29, 1.82) is 0 Å². The number of hydrogen-bond acceptors (Lipinski definition) is 5. The van der Waals surface area contributed by atoms with Crippen LogP contribution in [0.3, 0.4) is 0 Å². The minimum absolute atomic E-state index is 0.0190. The zero-order valence-electron chi connectivity index (χ0n) is 15.2. The molecule has 2 aromatic rings. The van der Waals surface area contributed by atoms with Gasteiger partial charge >= 0.3 is 6.18 Å². The van der Waals surface area contributed by atoms with Crippen molar-refractivity contribution in [2.24, 2.45) is 0 Å². The number of nitrogens with one attached hydrogen (secondary N) is 2. The van der Waals surface area contributed by atoms with Gasteiger partial charge in [0.15, 0.2) is 5.56 Å². The predicted octanol–water partition coefficient (Wildman–Crippen LogP) is 0.712. The van der Waals surface area contributed by atoms with Gasteiger partial charge in [0.1, 0.15) is 12.4 Å². The van der Waals surface area contributed by atoms with E-state index < -0.39 is 29.9 Å². The molecule has 0 amide bonds. The van der Waals surface area contributed by atoms with Gasteiger partial charge in [-0.05, 0) is 31.0 Å². The second kappa shape index (κ2) is 7.63. The van der Waals surface area contributed by atoms with Gasteiger partial charge < -0.3 is 15.3 Å². The number of rotatable bonds is 6. The third kappa shape index (κ3) is 4.01. The normalized spacial score (nSPS) is 15.1. The number of benzene rings is 1. The number of aromatic amines is 1. The van der Waals surface area contributed by atoms with Crippen molar-refractivity contribution in [1.82, 2.24) is 9.97 Å². The van der Waals surface area contributed by atoms with E-state index in [4.69, 9.17) is 5.41 Å². The number of nitrogens with two attached hydrogens (primary N) is 1. The van der Waals surface area contributed by atoms with Crippen molar-refractivity contribution < 1.29 is 23.7 Å². The second-order valence-electron chi connectivity index (χ2n) is 6.62. The SMILES string of the molecule is C[C@H](Nc1nc(N2CCC2)[nH]c(=O)c1C(=[NH2+])CO)c1ccc(C(F)(F)F)cc1. The van der Waals surface area contributed by atoms with Crippen LogP contribution >= 0.6 is 0 Å². The molecule has 1 aliphatic heterocycles. The van der Waals surface area contributed by atoms with E-state index in [1.165, 1.54) is 12.1 Å². The van der Waals surface area contributed by atoms with Gasteiger partial charge in [0, 0.05) is 19.1 Å². The summed E-state index contributed by atoms with van der Waals surface area (Å²) in [7, 11) is 0. The third-order valence-corrected chi connectivity index (χ3v) is 4.65. The lowest BCUT2D eigenvalue weighted by atomic mass is 10.1. The Labute approximate surface area is 158 Å². The molecule has 5 N–H and O–H groups in total. The van der Waals surface area contributed by atoms with E-state index in [1.54, 1.807) is 6.92 Å². The van der Waals surface area contributed by atoms with E-state index in [-0.39, 0.29) is 17.1 Å². The molecule has 1 aliphatic rings. The molecule has 7 nitrogen and oxygen atoms in total. The zero-order chi connectivity index (χ0) is 20.5. The summed E-state index contributed by atoms with van der Waals surface area (Å²) in [5.74, 6) is 0.553. The Morgan fingerprint density at radius 2 is 2.00 bits per heavy atom. The molecule has 0 aliphatic carbocycles. The zero-order valence-corrected chi connectivity index (χ0v) is 15.2. The van der Waals surface area contributed by atoms with Crippen LogP contribution in [0, 0.1) is 0 Å². The van der Waals surface area contributed by atoms with Crippen molar-refractivity contribution in [3.05, 3.63) is 51.3 Å². The fourth-order valence-corrected chi connectivity index (χ4v) is 2.87. The van der Waals surface area contributed by atoms with Crippen LogP contribution < -0.4 is 21.2 Å². The lowest BCUT2D eigenvalue weighted by Gasteiger charge is -2.31. The summed E-state index contributed by atoms with van der Waals surface area (Å²) < 4.78 is 38.2. The highest BCUT2D eigenvalue weighted by Gasteiger charge is 2.30. The summed E-state index contributed by atoms with van der Waals surface area (Å²) in [5.41, 5.74) is -0.687. The summed E-state index contributed by atoms with van der Waals surface area (Å²) in [6.07, 6.45) is -3.42. The fraction of sp³-hybridized carbons (Fsp3) is 0.389. The first-order valence-electron chi connectivity index (χ1n) is 8.76. The van der Waals surface area contributed by atoms with Gasteiger partial charge in [-0.25, -0.2) is 0 Å². The molecule has 1 atom stereocenters. The minimum atomic E-state index is -4.41. The van der Waals surface area contributed by atoms with E-state index >= 15 is 0 Å². The van der Waals surface area contributed by atoms with Crippen LogP contribution in [-0.2, 0) is 6.18 Å². The highest BCUT2D eigenvalue weighted by Crippen LogP contribution is 2.30. The predicted molar refractivity (Wildman–Crippen MR) is 98.3 cm³/mol. The number of H-pyrrole nitrogens is 1. The summed E-state index contributed by atoms with van der Waals surface area (Å²) >= 11 is 0. The monoisotopic (exact) mass is 396 g/mol. The lowest BCUT2D eigenvalue weighted by Crippen LogP contribution is -2.47. The number of aliphatic hydroxyl groups is 1. The van der Waals surface area contributed by atoms with E-state index in [0.29, 0.717) is 11.5 Å². The molecule has 28 heavy (non-hydrogen) atoms. The third-order valence-electron chi connectivity index (χ3n) is 4.65. The van der Waals surface area contributed by atoms with Gasteiger partial charge in [-0.1, -0.05) is 12.1 Å². The number of alkyl halides is 3. The first-order chi connectivity index (χ1) is 13.2. The van der Waals surface area contributed by atoms with E-state index in [2.05, 4.69) is 15.3 Å². The number of hydrogen-bond donors (Lipinski definition) is 4. The molecular formula is C18H21F3N5O2+. The van der Waals surface area contributed by atoms with Crippen LogP contribution in [0.15, 0.2) is 29.1 Å². The Bertz CT molecular complexity index is 920. The van der Waals surface area contributed by atoms with Gasteiger partial charge in [0.2, 0.25) is 11.7 Å². The molecular weight excluding hydrogens is 375 g/mol. The van der Waals surface area contributed by atoms with E-state index in [9.17, 15) is 23.1 Å². The van der Waals surface area contributed by atoms with Crippen LogP contribution in [0.1, 0.15) is 36.1 Å². The van der Waals surface area contributed by atoms with Gasteiger partial charge in [-0.2, -0.15) is 18.2 Å². The summed E-state index contributed by atoms with van der Waals surface area (Å²) in [5, 5.41) is 18.2. The molecule has 1 aromatic carbocycles. The Morgan fingerprint density at radius 3 is 2.50 bits per heavy atom. The molecule has 1 saturated heterocycles. The van der Waals surface area contributed by atoms with Gasteiger partial charge in [0.25, 0.3) is 5.56 Å². The average Bonchev–Trinajstić information content (AvgIpc) is 2.59. The van der Waals surface area contributed by atoms with Crippen molar-refractivity contribution in [3.63, 3.8) is 0 Å². The molecule has 150 valence electrons. The molecule has 0 saturated carbocycles. The summed E-state index contributed by atoms with van der Waals surface area (Å²) in [6, 6.07) is 4.27. The maximum Gasteiger partial charge on any atom is 0.416 e. The minimum Gasteiger partial charge on any atom is -0.385 e. The number of aromatic nitrogens is 2. The first kappa shape index (κ1) is 19.9. The topological polar surface area (TPSA) is 107 Å². The maximum absolute atomic E-state index is 12.7. The molecule has 10 heteroatoms. The Hall–Kier alpha value is -2.88.